The molecule has 0 aromatic heterocycles. The van der Waals surface area contributed by atoms with Crippen LogP contribution in [-0.4, -0.2) is 95.0 Å². The zero-order chi connectivity index (χ0) is 20.5. The number of fused-ring (bicyclic) bond motifs is 1. The smallest absolute Gasteiger partial charge is 0.410 e. The first-order valence-electron chi connectivity index (χ1n) is 9.28. The van der Waals surface area contributed by atoms with Crippen molar-refractivity contribution in [2.45, 2.75) is 58.4 Å². The van der Waals surface area contributed by atoms with E-state index in [9.17, 15) is 19.5 Å². The molecule has 2 aliphatic rings. The Bertz CT molecular complexity index is 588. The number of ether oxygens (including phenoxy) is 2. The van der Waals surface area contributed by atoms with Gasteiger partial charge in [-0.05, 0) is 26.7 Å². The van der Waals surface area contributed by atoms with Crippen molar-refractivity contribution in [2.75, 3.05) is 33.3 Å². The minimum absolute atomic E-state index is 0.226. The Morgan fingerprint density at radius 2 is 1.85 bits per heavy atom. The van der Waals surface area contributed by atoms with E-state index in [1.54, 1.807) is 44.4 Å². The molecule has 2 rings (SSSR count). The number of hydrogen-bond acceptors (Lipinski definition) is 5. The Labute approximate surface area is 160 Å². The first-order valence-corrected chi connectivity index (χ1v) is 9.28. The molecule has 154 valence electrons. The van der Waals surface area contributed by atoms with Crippen LogP contribution in [0.3, 0.4) is 0 Å². The van der Waals surface area contributed by atoms with Gasteiger partial charge in [-0.3, -0.25) is 4.90 Å². The van der Waals surface area contributed by atoms with Gasteiger partial charge in [0.2, 0.25) is 0 Å². The second-order valence-electron chi connectivity index (χ2n) is 8.48. The van der Waals surface area contributed by atoms with E-state index >= 15 is 0 Å². The summed E-state index contributed by atoms with van der Waals surface area (Å²) in [5.41, 5.74) is -0.606. The molecule has 0 aliphatic carbocycles. The van der Waals surface area contributed by atoms with Gasteiger partial charge in [-0.1, -0.05) is 13.8 Å². The van der Waals surface area contributed by atoms with Crippen LogP contribution in [0.15, 0.2) is 0 Å². The van der Waals surface area contributed by atoms with Crippen LogP contribution in [0.2, 0.25) is 0 Å². The number of carboxylic acid groups (broad SMARTS) is 1. The highest BCUT2D eigenvalue weighted by Gasteiger charge is 2.46. The number of nitrogens with zero attached hydrogens (tertiary/aromatic N) is 3. The minimum atomic E-state index is -1.04. The number of aliphatic carboxylic acids is 1. The number of likely N-dealkylation sites (N-methyl/N-ethyl adjacent to an activating group) is 1. The van der Waals surface area contributed by atoms with Gasteiger partial charge < -0.3 is 24.4 Å². The highest BCUT2D eigenvalue weighted by molar-refractivity contribution is 5.83. The van der Waals surface area contributed by atoms with Crippen LogP contribution in [0.5, 0.6) is 0 Å². The summed E-state index contributed by atoms with van der Waals surface area (Å²) in [4.78, 5) is 41.3. The van der Waals surface area contributed by atoms with Crippen molar-refractivity contribution in [1.82, 2.24) is 14.7 Å². The lowest BCUT2D eigenvalue weighted by Gasteiger charge is -2.37. The van der Waals surface area contributed by atoms with Crippen LogP contribution < -0.4 is 0 Å². The van der Waals surface area contributed by atoms with Gasteiger partial charge in [0, 0.05) is 20.1 Å². The quantitative estimate of drug-likeness (QED) is 0.790. The van der Waals surface area contributed by atoms with Crippen molar-refractivity contribution in [2.24, 2.45) is 5.92 Å². The highest BCUT2D eigenvalue weighted by atomic mass is 16.6. The van der Waals surface area contributed by atoms with E-state index in [1.807, 2.05) is 0 Å². The van der Waals surface area contributed by atoms with E-state index in [-0.39, 0.29) is 30.6 Å². The molecular weight excluding hydrogens is 354 g/mol. The maximum atomic E-state index is 12.8. The van der Waals surface area contributed by atoms with Gasteiger partial charge in [-0.15, -0.1) is 0 Å². The van der Waals surface area contributed by atoms with Crippen molar-refractivity contribution in [3.05, 3.63) is 0 Å². The molecule has 0 unspecified atom stereocenters. The molecule has 2 saturated heterocycles. The standard InChI is InChI=1S/C18H31N3O6/c1-11(2)14(15(22)23)19(6)16(24)20-9-12-13(10-20)26-8-7-21(12)17(25)27-18(3,4)5/h11-14H,7-10H2,1-6H3,(H,22,23)/t12-,13+,14+/m1/s1. The summed E-state index contributed by atoms with van der Waals surface area (Å²) < 4.78 is 11.2. The first-order chi connectivity index (χ1) is 12.4. The minimum Gasteiger partial charge on any atom is -0.480 e. The average molecular weight is 385 g/mol. The molecule has 0 radical (unpaired) electrons. The van der Waals surface area contributed by atoms with Gasteiger partial charge in [-0.2, -0.15) is 0 Å². The molecule has 1 N–H and O–H groups in total. The summed E-state index contributed by atoms with van der Waals surface area (Å²) >= 11 is 0. The Hall–Kier alpha value is -2.03. The molecule has 2 aliphatic heterocycles. The summed E-state index contributed by atoms with van der Waals surface area (Å²) in [5.74, 6) is -1.26. The average Bonchev–Trinajstić information content (AvgIpc) is 2.95. The predicted molar refractivity (Wildman–Crippen MR) is 97.5 cm³/mol. The van der Waals surface area contributed by atoms with Gasteiger partial charge in [-0.25, -0.2) is 14.4 Å². The van der Waals surface area contributed by atoms with Crippen molar-refractivity contribution < 1.29 is 29.0 Å². The molecule has 0 bridgehead atoms. The number of carbonyl (C=O) groups excluding carboxylic acids is 2. The van der Waals surface area contributed by atoms with Gasteiger partial charge in [0.25, 0.3) is 0 Å². The van der Waals surface area contributed by atoms with Crippen LogP contribution in [0, 0.1) is 5.92 Å². The molecule has 3 atom stereocenters. The molecule has 2 fully saturated rings. The molecule has 3 amide bonds. The number of morpholine rings is 1. The van der Waals surface area contributed by atoms with Gasteiger partial charge in [0.15, 0.2) is 0 Å². The normalized spacial score (nSPS) is 23.8. The van der Waals surface area contributed by atoms with E-state index in [1.165, 1.54) is 11.9 Å². The topological polar surface area (TPSA) is 99.6 Å². The van der Waals surface area contributed by atoms with E-state index in [4.69, 9.17) is 9.47 Å². The van der Waals surface area contributed by atoms with Crippen LogP contribution in [0.1, 0.15) is 34.6 Å². The summed E-state index contributed by atoms with van der Waals surface area (Å²) in [6.45, 7) is 10.3. The predicted octanol–water partition coefficient (Wildman–Crippen LogP) is 1.47. The van der Waals surface area contributed by atoms with E-state index in [0.717, 1.165) is 0 Å². The van der Waals surface area contributed by atoms with Crippen molar-refractivity contribution >= 4 is 18.1 Å². The van der Waals surface area contributed by atoms with E-state index in [2.05, 4.69) is 0 Å². The molecule has 0 aromatic carbocycles. The number of rotatable bonds is 3. The number of urea groups is 1. The molecule has 27 heavy (non-hydrogen) atoms. The number of likely N-dealkylation sites (tertiary alicyclic amines) is 1. The highest BCUT2D eigenvalue weighted by Crippen LogP contribution is 2.26. The van der Waals surface area contributed by atoms with Crippen molar-refractivity contribution in [3.8, 4) is 0 Å². The summed E-state index contributed by atoms with van der Waals surface area (Å²) in [6.07, 6.45) is -0.722. The van der Waals surface area contributed by atoms with E-state index < -0.39 is 23.7 Å². The van der Waals surface area contributed by atoms with Gasteiger partial charge in [0.05, 0.1) is 25.3 Å². The maximum absolute atomic E-state index is 12.8. The van der Waals surface area contributed by atoms with Gasteiger partial charge >= 0.3 is 18.1 Å². The Morgan fingerprint density at radius 3 is 2.37 bits per heavy atom. The molecule has 2 heterocycles. The maximum Gasteiger partial charge on any atom is 0.410 e. The fourth-order valence-corrected chi connectivity index (χ4v) is 3.63. The lowest BCUT2D eigenvalue weighted by atomic mass is 10.0. The Kier molecular flexibility index (Phi) is 6.24. The number of hydrogen-bond donors (Lipinski definition) is 1. The van der Waals surface area contributed by atoms with Crippen LogP contribution >= 0.6 is 0 Å². The van der Waals surface area contributed by atoms with Crippen molar-refractivity contribution in [3.63, 3.8) is 0 Å². The molecule has 0 saturated carbocycles. The molecular formula is C18H31N3O6. The monoisotopic (exact) mass is 385 g/mol. The molecule has 9 heteroatoms. The van der Waals surface area contributed by atoms with Crippen LogP contribution in [0.25, 0.3) is 0 Å². The van der Waals surface area contributed by atoms with Gasteiger partial charge in [0.1, 0.15) is 11.6 Å². The molecule has 0 spiro atoms. The molecule has 0 aromatic rings. The zero-order valence-electron chi connectivity index (χ0n) is 17.0. The fourth-order valence-electron chi connectivity index (χ4n) is 3.63. The SMILES string of the molecule is CC(C)[C@@H](C(=O)O)N(C)C(=O)N1C[C@@H]2OCCN(C(=O)OC(C)(C)C)[C@@H]2C1. The summed E-state index contributed by atoms with van der Waals surface area (Å²) in [7, 11) is 1.50. The third-order valence-corrected chi connectivity index (χ3v) is 4.80. The third kappa shape index (κ3) is 4.82. The van der Waals surface area contributed by atoms with E-state index in [0.29, 0.717) is 19.7 Å². The Morgan fingerprint density at radius 1 is 1.22 bits per heavy atom. The number of amides is 3. The number of carbonyl (C=O) groups is 3. The second kappa shape index (κ2) is 7.92. The number of carboxylic acids is 1. The Balaban J connectivity index is 2.10. The van der Waals surface area contributed by atoms with Crippen LogP contribution in [0.4, 0.5) is 9.59 Å². The third-order valence-electron chi connectivity index (χ3n) is 4.80. The molecule has 9 nitrogen and oxygen atoms in total. The lowest BCUT2D eigenvalue weighted by Crippen LogP contribution is -2.54. The lowest BCUT2D eigenvalue weighted by molar-refractivity contribution is -0.143. The zero-order valence-corrected chi connectivity index (χ0v) is 17.0. The van der Waals surface area contributed by atoms with Crippen LogP contribution in [-0.2, 0) is 14.3 Å². The second-order valence-corrected chi connectivity index (χ2v) is 8.48. The largest absolute Gasteiger partial charge is 0.480 e. The first kappa shape index (κ1) is 21.3. The van der Waals surface area contributed by atoms with Crippen molar-refractivity contribution in [1.29, 1.82) is 0 Å². The fraction of sp³-hybridized carbons (Fsp3) is 0.833. The summed E-state index contributed by atoms with van der Waals surface area (Å²) in [5, 5.41) is 9.43. The summed E-state index contributed by atoms with van der Waals surface area (Å²) in [6, 6.07) is -1.59.